The van der Waals surface area contributed by atoms with Crippen LogP contribution < -0.4 is 0 Å². The molecule has 6 heteroatoms. The van der Waals surface area contributed by atoms with E-state index in [0.717, 1.165) is 50.3 Å². The molecule has 0 aromatic carbocycles. The van der Waals surface area contributed by atoms with Gasteiger partial charge in [-0.3, -0.25) is 9.59 Å². The van der Waals surface area contributed by atoms with Crippen molar-refractivity contribution in [1.82, 2.24) is 9.80 Å². The van der Waals surface area contributed by atoms with Gasteiger partial charge in [0.1, 0.15) is 0 Å². The normalized spacial score (nSPS) is 11.8. The molecule has 0 aliphatic carbocycles. The number of unbranched alkanes of at least 4 members (excludes halogenated alkanes) is 22. The minimum absolute atomic E-state index is 0.294. The minimum atomic E-state index is 0.294. The average molecular weight is 769 g/mol. The molecule has 0 saturated carbocycles. The van der Waals surface area contributed by atoms with E-state index >= 15 is 0 Å². The van der Waals surface area contributed by atoms with Crippen LogP contribution in [0.3, 0.4) is 0 Å². The van der Waals surface area contributed by atoms with E-state index in [4.69, 9.17) is 0 Å². The van der Waals surface area contributed by atoms with Gasteiger partial charge in [-0.1, -0.05) is 199 Å². The summed E-state index contributed by atoms with van der Waals surface area (Å²) in [6, 6.07) is 0. The van der Waals surface area contributed by atoms with Crippen molar-refractivity contribution < 1.29 is 9.59 Å². The van der Waals surface area contributed by atoms with E-state index in [1.165, 1.54) is 193 Å². The summed E-state index contributed by atoms with van der Waals surface area (Å²) in [5, 5.41) is 0.913. The van der Waals surface area contributed by atoms with Crippen LogP contribution in [0, 0.1) is 5.92 Å². The smallest absolute Gasteiger partial charge is 0.192 e. The van der Waals surface area contributed by atoms with E-state index in [1.807, 2.05) is 0 Å². The molecule has 0 bridgehead atoms. The average Bonchev–Trinajstić information content (AvgIpc) is 3.15. The van der Waals surface area contributed by atoms with Crippen molar-refractivity contribution in [2.24, 2.45) is 5.92 Å². The van der Waals surface area contributed by atoms with Crippen LogP contribution in [0.4, 0.5) is 0 Å². The van der Waals surface area contributed by atoms with Gasteiger partial charge in [-0.15, -0.1) is 0 Å². The van der Waals surface area contributed by atoms with Crippen LogP contribution in [-0.4, -0.2) is 70.8 Å². The molecule has 0 amide bonds. The number of thioether (sulfide) groups is 2. The molecule has 0 spiro atoms. The first-order valence-electron chi connectivity index (χ1n) is 23.3. The summed E-state index contributed by atoms with van der Waals surface area (Å²) in [7, 11) is 0. The standard InChI is InChI=1S/C46H92N2O2S2/c1-6-11-14-17-20-23-30-37-45(49)51-42-33-26-24-31-38-48(41-40-47(9-4)10-5)39-32-25-27-34-43-52-46(50)44(35-28-21-18-15-12-7-2)36-29-22-19-16-13-8-3/h44H,6-43H2,1-5H3. The first-order chi connectivity index (χ1) is 25.5. The van der Waals surface area contributed by atoms with E-state index in [1.54, 1.807) is 23.5 Å². The van der Waals surface area contributed by atoms with E-state index in [9.17, 15) is 9.59 Å². The van der Waals surface area contributed by atoms with Gasteiger partial charge in [-0.2, -0.15) is 0 Å². The molecular formula is C46H92N2O2S2. The van der Waals surface area contributed by atoms with Crippen molar-refractivity contribution in [3.63, 3.8) is 0 Å². The number of hydrogen-bond donors (Lipinski definition) is 0. The van der Waals surface area contributed by atoms with Gasteiger partial charge < -0.3 is 9.80 Å². The minimum Gasteiger partial charge on any atom is -0.303 e. The molecule has 0 heterocycles. The number of hydrogen-bond acceptors (Lipinski definition) is 6. The lowest BCUT2D eigenvalue weighted by Crippen LogP contribution is -2.36. The lowest BCUT2D eigenvalue weighted by atomic mass is 9.95. The Morgan fingerprint density at radius 3 is 1.27 bits per heavy atom. The summed E-state index contributed by atoms with van der Waals surface area (Å²) >= 11 is 3.25. The van der Waals surface area contributed by atoms with Crippen LogP contribution in [0.1, 0.15) is 227 Å². The highest BCUT2D eigenvalue weighted by atomic mass is 32.2. The van der Waals surface area contributed by atoms with Gasteiger partial charge in [0.05, 0.1) is 0 Å². The molecule has 0 N–H and O–H groups in total. The molecule has 0 radical (unpaired) electrons. The Hall–Kier alpha value is -0.0400. The molecule has 310 valence electrons. The Kier molecular flexibility index (Phi) is 42.1. The van der Waals surface area contributed by atoms with Crippen molar-refractivity contribution >= 4 is 33.8 Å². The van der Waals surface area contributed by atoms with Crippen LogP contribution in [0.15, 0.2) is 0 Å². The third-order valence-electron chi connectivity index (χ3n) is 11.0. The predicted octanol–water partition coefficient (Wildman–Crippen LogP) is 14.5. The Bertz CT molecular complexity index is 732. The quantitative estimate of drug-likeness (QED) is 0.0576. The van der Waals surface area contributed by atoms with Crippen molar-refractivity contribution in [3.05, 3.63) is 0 Å². The Morgan fingerprint density at radius 2 is 0.788 bits per heavy atom. The van der Waals surface area contributed by atoms with Crippen molar-refractivity contribution in [3.8, 4) is 0 Å². The second-order valence-electron chi connectivity index (χ2n) is 15.8. The molecule has 0 unspecified atom stereocenters. The molecule has 0 aromatic rings. The van der Waals surface area contributed by atoms with E-state index < -0.39 is 0 Å². The van der Waals surface area contributed by atoms with Crippen molar-refractivity contribution in [2.75, 3.05) is 50.8 Å². The van der Waals surface area contributed by atoms with Gasteiger partial charge in [-0.05, 0) is 71.1 Å². The molecule has 4 nitrogen and oxygen atoms in total. The van der Waals surface area contributed by atoms with Crippen LogP contribution in [0.2, 0.25) is 0 Å². The second-order valence-corrected chi connectivity index (χ2v) is 18.0. The lowest BCUT2D eigenvalue weighted by Gasteiger charge is -2.26. The first kappa shape index (κ1) is 52.0. The highest BCUT2D eigenvalue weighted by Gasteiger charge is 2.18. The third kappa shape index (κ3) is 35.6. The van der Waals surface area contributed by atoms with Crippen molar-refractivity contribution in [1.29, 1.82) is 0 Å². The van der Waals surface area contributed by atoms with Crippen LogP contribution in [0.5, 0.6) is 0 Å². The molecule has 0 aromatic heterocycles. The zero-order valence-electron chi connectivity index (χ0n) is 36.0. The van der Waals surface area contributed by atoms with Gasteiger partial charge in [0.25, 0.3) is 0 Å². The summed E-state index contributed by atoms with van der Waals surface area (Å²) in [6.07, 6.45) is 37.7. The fourth-order valence-corrected chi connectivity index (χ4v) is 9.12. The summed E-state index contributed by atoms with van der Waals surface area (Å²) in [6.45, 7) is 18.4. The van der Waals surface area contributed by atoms with Gasteiger partial charge in [-0.25, -0.2) is 0 Å². The number of rotatable bonds is 42. The van der Waals surface area contributed by atoms with E-state index in [0.29, 0.717) is 16.1 Å². The molecule has 0 saturated heterocycles. The summed E-state index contributed by atoms with van der Waals surface area (Å²) < 4.78 is 0. The molecule has 0 rings (SSSR count). The Balaban J connectivity index is 4.31. The number of nitrogens with zero attached hydrogens (tertiary/aromatic N) is 2. The Morgan fingerprint density at radius 1 is 0.404 bits per heavy atom. The zero-order valence-corrected chi connectivity index (χ0v) is 37.6. The maximum absolute atomic E-state index is 13.3. The molecule has 52 heavy (non-hydrogen) atoms. The monoisotopic (exact) mass is 769 g/mol. The molecule has 0 aliphatic heterocycles. The molecule has 0 aliphatic rings. The van der Waals surface area contributed by atoms with Gasteiger partial charge in [0, 0.05) is 36.9 Å². The number of carbonyl (C=O) groups is 2. The molecular weight excluding hydrogens is 677 g/mol. The third-order valence-corrected chi connectivity index (χ3v) is 13.1. The zero-order chi connectivity index (χ0) is 38.2. The van der Waals surface area contributed by atoms with Gasteiger partial charge >= 0.3 is 0 Å². The predicted molar refractivity (Wildman–Crippen MR) is 238 cm³/mol. The van der Waals surface area contributed by atoms with Crippen molar-refractivity contribution in [2.45, 2.75) is 227 Å². The second kappa shape index (κ2) is 42.1. The van der Waals surface area contributed by atoms with Crippen LogP contribution >= 0.6 is 23.5 Å². The van der Waals surface area contributed by atoms with Crippen LogP contribution in [0.25, 0.3) is 0 Å². The fraction of sp³-hybridized carbons (Fsp3) is 0.957. The lowest BCUT2D eigenvalue weighted by molar-refractivity contribution is -0.115. The summed E-state index contributed by atoms with van der Waals surface area (Å²) in [4.78, 5) is 30.8. The number of carbonyl (C=O) groups excluding carboxylic acids is 2. The maximum Gasteiger partial charge on any atom is 0.192 e. The number of likely N-dealkylation sites (N-methyl/N-ethyl adjacent to an activating group) is 1. The summed E-state index contributed by atoms with van der Waals surface area (Å²) in [5.41, 5.74) is 0. The van der Waals surface area contributed by atoms with E-state index in [2.05, 4.69) is 44.4 Å². The highest BCUT2D eigenvalue weighted by Crippen LogP contribution is 2.25. The molecule has 0 fully saturated rings. The Labute approximate surface area is 335 Å². The summed E-state index contributed by atoms with van der Waals surface area (Å²) in [5.74, 6) is 2.31. The van der Waals surface area contributed by atoms with Gasteiger partial charge in [0.15, 0.2) is 10.2 Å². The SMILES string of the molecule is CCCCCCCCCC(=O)SCCCCCCN(CCCCCCSC(=O)C(CCCCCCCC)CCCCCCCC)CCN(CC)CC. The largest absolute Gasteiger partial charge is 0.303 e. The van der Waals surface area contributed by atoms with Crippen LogP contribution in [-0.2, 0) is 9.59 Å². The molecule has 0 atom stereocenters. The topological polar surface area (TPSA) is 40.6 Å². The first-order valence-corrected chi connectivity index (χ1v) is 25.3. The maximum atomic E-state index is 13.3. The van der Waals surface area contributed by atoms with Gasteiger partial charge in [0.2, 0.25) is 0 Å². The highest BCUT2D eigenvalue weighted by molar-refractivity contribution is 8.13. The van der Waals surface area contributed by atoms with E-state index in [-0.39, 0.29) is 0 Å². The fourth-order valence-electron chi connectivity index (χ4n) is 7.24.